The lowest BCUT2D eigenvalue weighted by molar-refractivity contribution is 0.197. The second kappa shape index (κ2) is 9.38. The van der Waals surface area contributed by atoms with E-state index in [1.165, 1.54) is 5.56 Å². The number of likely N-dealkylation sites (N-methyl/N-ethyl adjacent to an activating group) is 1. The third kappa shape index (κ3) is 4.49. The van der Waals surface area contributed by atoms with Crippen LogP contribution in [0.5, 0.6) is 11.5 Å². The van der Waals surface area contributed by atoms with Crippen LogP contribution in [-0.4, -0.2) is 51.3 Å². The quantitative estimate of drug-likeness (QED) is 0.622. The zero-order valence-electron chi connectivity index (χ0n) is 18.6. The van der Waals surface area contributed by atoms with E-state index in [1.807, 2.05) is 6.07 Å². The normalized spacial score (nSPS) is 25.2. The maximum atomic E-state index is 12.6. The van der Waals surface area contributed by atoms with Crippen LogP contribution in [0.15, 0.2) is 36.4 Å². The molecule has 8 heteroatoms. The Bertz CT molecular complexity index is 1000. The molecule has 1 heterocycles. The second-order valence-electron chi connectivity index (χ2n) is 8.81. The highest BCUT2D eigenvalue weighted by Crippen LogP contribution is 2.49. The summed E-state index contributed by atoms with van der Waals surface area (Å²) in [5.74, 6) is 1.93. The molecule has 0 aromatic heterocycles. The van der Waals surface area contributed by atoms with Crippen molar-refractivity contribution in [3.05, 3.63) is 52.0 Å². The van der Waals surface area contributed by atoms with Crippen LogP contribution in [0.25, 0.3) is 0 Å². The van der Waals surface area contributed by atoms with Crippen molar-refractivity contribution < 1.29 is 14.3 Å². The summed E-state index contributed by atoms with van der Waals surface area (Å²) in [4.78, 5) is 15.0. The Morgan fingerprint density at radius 1 is 1.12 bits per heavy atom. The SMILES string of the molecule is COc1ccc([C@@]23CCC(NC(=O)Nc4ccc(Cl)cc4Cl)CC2CN(C)C3)cc1OC. The number of carbonyl (C=O) groups is 1. The van der Waals surface area contributed by atoms with Crippen molar-refractivity contribution in [3.63, 3.8) is 0 Å². The van der Waals surface area contributed by atoms with Gasteiger partial charge in [-0.05, 0) is 68.1 Å². The van der Waals surface area contributed by atoms with Crippen LogP contribution in [-0.2, 0) is 5.41 Å². The van der Waals surface area contributed by atoms with Gasteiger partial charge in [0.2, 0.25) is 0 Å². The van der Waals surface area contributed by atoms with Gasteiger partial charge in [-0.1, -0.05) is 29.3 Å². The highest BCUT2D eigenvalue weighted by molar-refractivity contribution is 6.36. The molecule has 2 aromatic carbocycles. The maximum absolute atomic E-state index is 12.6. The molecule has 2 amide bonds. The number of urea groups is 1. The number of fused-ring (bicyclic) bond motifs is 1. The Morgan fingerprint density at radius 2 is 1.91 bits per heavy atom. The van der Waals surface area contributed by atoms with E-state index < -0.39 is 0 Å². The number of carbonyl (C=O) groups excluding carboxylic acids is 1. The van der Waals surface area contributed by atoms with Gasteiger partial charge in [0.15, 0.2) is 11.5 Å². The largest absolute Gasteiger partial charge is 0.493 e. The summed E-state index contributed by atoms with van der Waals surface area (Å²) in [6.07, 6.45) is 2.81. The highest BCUT2D eigenvalue weighted by Gasteiger charge is 2.50. The lowest BCUT2D eigenvalue weighted by Gasteiger charge is -2.42. The average molecular weight is 478 g/mol. The number of benzene rings is 2. The number of hydrogen-bond acceptors (Lipinski definition) is 4. The van der Waals surface area contributed by atoms with Crippen molar-refractivity contribution in [2.45, 2.75) is 30.7 Å². The number of anilines is 1. The standard InChI is InChI=1S/C24H29Cl2N3O3/c1-29-13-16-10-18(27-23(30)28-20-6-5-17(25)12-19(20)26)8-9-24(16,14-29)15-4-7-21(31-2)22(11-15)32-3/h4-7,11-12,16,18H,8-10,13-14H2,1-3H3,(H2,27,28,30)/t16?,18?,24-/m0/s1. The molecule has 4 rings (SSSR count). The van der Waals surface area contributed by atoms with Crippen molar-refractivity contribution >= 4 is 34.9 Å². The van der Waals surface area contributed by atoms with Crippen molar-refractivity contribution in [3.8, 4) is 11.5 Å². The summed E-state index contributed by atoms with van der Waals surface area (Å²) in [5.41, 5.74) is 1.87. The van der Waals surface area contributed by atoms with Gasteiger partial charge in [-0.2, -0.15) is 0 Å². The second-order valence-corrected chi connectivity index (χ2v) is 9.66. The molecule has 0 bridgehead atoms. The van der Waals surface area contributed by atoms with Crippen molar-refractivity contribution in [2.75, 3.05) is 39.7 Å². The molecule has 3 atom stereocenters. The molecule has 1 saturated carbocycles. The molecule has 2 aliphatic rings. The molecule has 1 aliphatic carbocycles. The fraction of sp³-hybridized carbons (Fsp3) is 0.458. The molecule has 2 aromatic rings. The highest BCUT2D eigenvalue weighted by atomic mass is 35.5. The molecule has 32 heavy (non-hydrogen) atoms. The zero-order valence-corrected chi connectivity index (χ0v) is 20.1. The molecule has 6 nitrogen and oxygen atoms in total. The molecular formula is C24H29Cl2N3O3. The number of likely N-dealkylation sites (tertiary alicyclic amines) is 1. The number of hydrogen-bond donors (Lipinski definition) is 2. The third-order valence-electron chi connectivity index (χ3n) is 6.85. The van der Waals surface area contributed by atoms with Crippen molar-refractivity contribution in [2.24, 2.45) is 5.92 Å². The molecule has 172 valence electrons. The first kappa shape index (κ1) is 23.0. The Hall–Kier alpha value is -2.15. The summed E-state index contributed by atoms with van der Waals surface area (Å²) in [6, 6.07) is 11.2. The molecular weight excluding hydrogens is 449 g/mol. The van der Waals surface area contributed by atoms with Gasteiger partial charge < -0.3 is 25.0 Å². The van der Waals surface area contributed by atoms with Gasteiger partial charge in [-0.3, -0.25) is 0 Å². The van der Waals surface area contributed by atoms with Crippen LogP contribution in [0, 0.1) is 5.92 Å². The number of nitrogens with one attached hydrogen (secondary N) is 2. The molecule has 1 aliphatic heterocycles. The number of halogens is 2. The van der Waals surface area contributed by atoms with E-state index in [0.29, 0.717) is 21.7 Å². The van der Waals surface area contributed by atoms with Gasteiger partial charge in [-0.15, -0.1) is 0 Å². The average Bonchev–Trinajstić information content (AvgIpc) is 3.11. The number of ether oxygens (including phenoxy) is 2. The van der Waals surface area contributed by atoms with Crippen molar-refractivity contribution in [1.29, 1.82) is 0 Å². The molecule has 2 unspecified atom stereocenters. The van der Waals surface area contributed by atoms with Crippen LogP contribution in [0.3, 0.4) is 0 Å². The number of methoxy groups -OCH3 is 2. The van der Waals surface area contributed by atoms with Gasteiger partial charge in [0.05, 0.1) is 24.9 Å². The summed E-state index contributed by atoms with van der Waals surface area (Å²) in [5, 5.41) is 6.93. The Balaban J connectivity index is 1.47. The van der Waals surface area contributed by atoms with Crippen LogP contribution in [0.4, 0.5) is 10.5 Å². The minimum atomic E-state index is -0.246. The number of nitrogens with zero attached hydrogens (tertiary/aromatic N) is 1. The lowest BCUT2D eigenvalue weighted by Crippen LogP contribution is -2.48. The van der Waals surface area contributed by atoms with Crippen LogP contribution in [0.2, 0.25) is 10.0 Å². The van der Waals surface area contributed by atoms with E-state index in [9.17, 15) is 4.79 Å². The fourth-order valence-corrected chi connectivity index (χ4v) is 5.84. The predicted octanol–water partition coefficient (Wildman–Crippen LogP) is 5.18. The van der Waals surface area contributed by atoms with Gasteiger partial charge in [0, 0.05) is 29.6 Å². The van der Waals surface area contributed by atoms with Gasteiger partial charge in [0.1, 0.15) is 0 Å². The number of rotatable bonds is 5. The van der Waals surface area contributed by atoms with Crippen LogP contribution in [0.1, 0.15) is 24.8 Å². The summed E-state index contributed by atoms with van der Waals surface area (Å²) >= 11 is 12.1. The number of amides is 2. The summed E-state index contributed by atoms with van der Waals surface area (Å²) < 4.78 is 11.0. The minimum absolute atomic E-state index is 0.0441. The Kier molecular flexibility index (Phi) is 6.75. The topological polar surface area (TPSA) is 62.8 Å². The van der Waals surface area contributed by atoms with E-state index in [4.69, 9.17) is 32.7 Å². The summed E-state index contributed by atoms with van der Waals surface area (Å²) in [7, 11) is 5.49. The van der Waals surface area contributed by atoms with Crippen LogP contribution < -0.4 is 20.1 Å². The maximum Gasteiger partial charge on any atom is 0.319 e. The van der Waals surface area contributed by atoms with E-state index in [2.05, 4.69) is 34.7 Å². The predicted molar refractivity (Wildman–Crippen MR) is 128 cm³/mol. The molecule has 0 spiro atoms. The first-order chi connectivity index (χ1) is 15.3. The zero-order chi connectivity index (χ0) is 22.9. The minimum Gasteiger partial charge on any atom is -0.493 e. The fourth-order valence-electron chi connectivity index (χ4n) is 5.39. The van der Waals surface area contributed by atoms with Crippen molar-refractivity contribution in [1.82, 2.24) is 10.2 Å². The summed E-state index contributed by atoms with van der Waals surface area (Å²) in [6.45, 7) is 1.99. The molecule has 2 fully saturated rings. The van der Waals surface area contributed by atoms with E-state index >= 15 is 0 Å². The lowest BCUT2D eigenvalue weighted by atomic mass is 9.63. The van der Waals surface area contributed by atoms with E-state index in [-0.39, 0.29) is 17.5 Å². The monoisotopic (exact) mass is 477 g/mol. The Labute approximate surface area is 199 Å². The molecule has 1 saturated heterocycles. The third-order valence-corrected chi connectivity index (χ3v) is 7.39. The van der Waals surface area contributed by atoms with Gasteiger partial charge in [0.25, 0.3) is 0 Å². The first-order valence-corrected chi connectivity index (χ1v) is 11.5. The Morgan fingerprint density at radius 3 is 2.62 bits per heavy atom. The van der Waals surface area contributed by atoms with Crippen LogP contribution >= 0.6 is 23.2 Å². The van der Waals surface area contributed by atoms with E-state index in [1.54, 1.807) is 32.4 Å². The van der Waals surface area contributed by atoms with Gasteiger partial charge in [-0.25, -0.2) is 4.79 Å². The molecule has 0 radical (unpaired) electrons. The van der Waals surface area contributed by atoms with E-state index in [0.717, 1.165) is 43.9 Å². The first-order valence-electron chi connectivity index (χ1n) is 10.8. The molecule has 2 N–H and O–H groups in total. The smallest absolute Gasteiger partial charge is 0.319 e. The van der Waals surface area contributed by atoms with Gasteiger partial charge >= 0.3 is 6.03 Å².